The first-order valence-corrected chi connectivity index (χ1v) is 11.7. The molecule has 3 aromatic carbocycles. The van der Waals surface area contributed by atoms with E-state index in [1.165, 1.54) is 11.9 Å². The van der Waals surface area contributed by atoms with Crippen molar-refractivity contribution < 1.29 is 10.2 Å². The fraction of sp³-hybridized carbons (Fsp3) is 0.167. The molecule has 6 nitrogen and oxygen atoms in total. The number of aromatic nitrogens is 2. The summed E-state index contributed by atoms with van der Waals surface area (Å²) in [5.41, 5.74) is 3.16. The van der Waals surface area contributed by atoms with E-state index >= 15 is 0 Å². The van der Waals surface area contributed by atoms with E-state index in [9.17, 15) is 5.11 Å². The predicted octanol–water partition coefficient (Wildman–Crippen LogP) is 6.90. The van der Waals surface area contributed by atoms with E-state index in [2.05, 4.69) is 26.0 Å². The summed E-state index contributed by atoms with van der Waals surface area (Å²) >= 11 is 4.90. The largest absolute Gasteiger partial charge is 0.508 e. The molecule has 0 aliphatic heterocycles. The van der Waals surface area contributed by atoms with Crippen LogP contribution in [0.5, 0.6) is 5.75 Å². The number of benzene rings is 3. The number of para-hydroxylation sites is 2. The number of fused-ring (bicyclic) bond motifs is 1. The number of aliphatic hydroxyl groups excluding tert-OH is 1. The highest BCUT2D eigenvalue weighted by Crippen LogP contribution is 2.30. The van der Waals surface area contributed by atoms with Crippen LogP contribution in [-0.4, -0.2) is 27.3 Å². The number of hydrogen-bond donors (Lipinski definition) is 4. The lowest BCUT2D eigenvalue weighted by molar-refractivity contribution is 0.399. The third kappa shape index (κ3) is 6.85. The summed E-state index contributed by atoms with van der Waals surface area (Å²) in [5, 5.41) is 20.3. The van der Waals surface area contributed by atoms with Gasteiger partial charge in [-0.25, -0.2) is 9.97 Å². The number of nitrogens with one attached hydrogen (secondary N) is 2. The van der Waals surface area contributed by atoms with Crippen LogP contribution in [0.3, 0.4) is 0 Å². The maximum Gasteiger partial charge on any atom is 0.180 e. The zero-order chi connectivity index (χ0) is 23.5. The van der Waals surface area contributed by atoms with Crippen molar-refractivity contribution in [2.75, 3.05) is 17.1 Å². The molecule has 0 atom stereocenters. The minimum absolute atomic E-state index is 0.234. The Balaban J connectivity index is 0.000000860. The average molecular weight is 515 g/mol. The highest BCUT2D eigenvalue weighted by atomic mass is 79.9. The molecule has 4 rings (SSSR count). The Morgan fingerprint density at radius 1 is 0.844 bits per heavy atom. The van der Waals surface area contributed by atoms with Gasteiger partial charge in [0.25, 0.3) is 0 Å². The number of anilines is 3. The van der Waals surface area contributed by atoms with Gasteiger partial charge in [0, 0.05) is 28.2 Å². The molecule has 0 radical (unpaired) electrons. The Morgan fingerprint density at radius 2 is 1.44 bits per heavy atom. The standard InChI is InChI=1S/C21H17BrN4OS.C2H6.CH4O/c1-13-6-9-15(12-19(13)27)23-20-21(25-18-5-3-2-4-17(18)24-20)26-28-16-10-7-14(22)8-11-16;2*1-2/h2-12,27H,1H3,(H,23,24)(H,25,26);1-2H3;2H,1H3. The summed E-state index contributed by atoms with van der Waals surface area (Å²) in [4.78, 5) is 10.5. The van der Waals surface area contributed by atoms with Gasteiger partial charge in [0.05, 0.1) is 11.0 Å². The molecule has 0 fully saturated rings. The monoisotopic (exact) mass is 514 g/mol. The lowest BCUT2D eigenvalue weighted by Gasteiger charge is -2.13. The molecule has 0 bridgehead atoms. The van der Waals surface area contributed by atoms with Gasteiger partial charge in [-0.05, 0) is 66.9 Å². The van der Waals surface area contributed by atoms with Crippen molar-refractivity contribution in [1.29, 1.82) is 0 Å². The molecule has 8 heteroatoms. The van der Waals surface area contributed by atoms with Crippen molar-refractivity contribution in [1.82, 2.24) is 9.97 Å². The Hall–Kier alpha value is -2.81. The first kappa shape index (κ1) is 25.5. The molecule has 4 aromatic rings. The van der Waals surface area contributed by atoms with Crippen LogP contribution in [0.15, 0.2) is 76.1 Å². The second kappa shape index (κ2) is 12.9. The number of phenols is 1. The lowest BCUT2D eigenvalue weighted by Crippen LogP contribution is -2.02. The van der Waals surface area contributed by atoms with Crippen LogP contribution in [0.1, 0.15) is 19.4 Å². The van der Waals surface area contributed by atoms with E-state index in [1.807, 2.05) is 81.4 Å². The molecule has 1 aromatic heterocycles. The smallest absolute Gasteiger partial charge is 0.180 e. The highest BCUT2D eigenvalue weighted by Gasteiger charge is 2.11. The topological polar surface area (TPSA) is 90.3 Å². The molecule has 32 heavy (non-hydrogen) atoms. The van der Waals surface area contributed by atoms with Gasteiger partial charge in [-0.3, -0.25) is 0 Å². The van der Waals surface area contributed by atoms with Crippen LogP contribution in [-0.2, 0) is 0 Å². The number of aryl methyl sites for hydroxylation is 1. The molecule has 0 spiro atoms. The number of rotatable bonds is 5. The van der Waals surface area contributed by atoms with Crippen LogP contribution < -0.4 is 10.0 Å². The molecule has 0 saturated carbocycles. The van der Waals surface area contributed by atoms with Crippen molar-refractivity contribution in [3.63, 3.8) is 0 Å². The molecule has 1 heterocycles. The van der Waals surface area contributed by atoms with Crippen molar-refractivity contribution in [3.8, 4) is 5.75 Å². The van der Waals surface area contributed by atoms with Crippen LogP contribution in [0.4, 0.5) is 17.3 Å². The summed E-state index contributed by atoms with van der Waals surface area (Å²) < 4.78 is 4.32. The zero-order valence-electron chi connectivity index (χ0n) is 18.4. The first-order chi connectivity index (χ1) is 15.6. The highest BCUT2D eigenvalue weighted by molar-refractivity contribution is 9.10. The van der Waals surface area contributed by atoms with Gasteiger partial charge in [-0.15, -0.1) is 0 Å². The Labute approximate surface area is 201 Å². The van der Waals surface area contributed by atoms with Gasteiger partial charge in [-0.1, -0.05) is 48.0 Å². The number of hydrogen-bond acceptors (Lipinski definition) is 7. The van der Waals surface area contributed by atoms with Crippen molar-refractivity contribution >= 4 is 56.2 Å². The summed E-state index contributed by atoms with van der Waals surface area (Å²) in [7, 11) is 1.00. The molecule has 0 amide bonds. The third-order valence-electron chi connectivity index (χ3n) is 4.12. The number of aromatic hydroxyl groups is 1. The van der Waals surface area contributed by atoms with E-state index in [0.29, 0.717) is 11.6 Å². The van der Waals surface area contributed by atoms with E-state index in [1.54, 1.807) is 6.07 Å². The van der Waals surface area contributed by atoms with Crippen LogP contribution in [0, 0.1) is 6.92 Å². The predicted molar refractivity (Wildman–Crippen MR) is 139 cm³/mol. The second-order valence-electron chi connectivity index (χ2n) is 6.19. The minimum Gasteiger partial charge on any atom is -0.508 e. The van der Waals surface area contributed by atoms with Crippen LogP contribution in [0.2, 0.25) is 0 Å². The van der Waals surface area contributed by atoms with Gasteiger partial charge < -0.3 is 20.3 Å². The van der Waals surface area contributed by atoms with Crippen molar-refractivity contribution in [2.24, 2.45) is 0 Å². The van der Waals surface area contributed by atoms with Gasteiger partial charge in [0.15, 0.2) is 11.6 Å². The second-order valence-corrected chi connectivity index (χ2v) is 7.99. The van der Waals surface area contributed by atoms with Crippen LogP contribution in [0.25, 0.3) is 11.0 Å². The van der Waals surface area contributed by atoms with E-state index in [0.717, 1.165) is 38.8 Å². The third-order valence-corrected chi connectivity index (χ3v) is 5.45. The Morgan fingerprint density at radius 3 is 2.03 bits per heavy atom. The summed E-state index contributed by atoms with van der Waals surface area (Å²) in [5.74, 6) is 1.44. The molecule has 0 unspecified atom stereocenters. The van der Waals surface area contributed by atoms with E-state index in [-0.39, 0.29) is 5.75 Å². The first-order valence-electron chi connectivity index (χ1n) is 10.0. The Kier molecular flexibility index (Phi) is 10.3. The zero-order valence-corrected chi connectivity index (χ0v) is 20.8. The fourth-order valence-corrected chi connectivity index (χ4v) is 3.49. The normalized spacial score (nSPS) is 9.81. The van der Waals surface area contributed by atoms with Gasteiger partial charge in [-0.2, -0.15) is 0 Å². The number of halogens is 1. The van der Waals surface area contributed by atoms with Crippen molar-refractivity contribution in [2.45, 2.75) is 25.7 Å². The van der Waals surface area contributed by atoms with Gasteiger partial charge in [0.1, 0.15) is 5.75 Å². The quantitative estimate of drug-likeness (QED) is 0.215. The molecule has 0 aliphatic carbocycles. The summed E-state index contributed by atoms with van der Waals surface area (Å²) in [6.45, 7) is 5.86. The van der Waals surface area contributed by atoms with Crippen LogP contribution >= 0.6 is 27.9 Å². The maximum absolute atomic E-state index is 9.99. The summed E-state index contributed by atoms with van der Waals surface area (Å²) in [6, 6.07) is 21.2. The number of phenolic OH excluding ortho intramolecular Hbond substituents is 1. The molecular weight excluding hydrogens is 488 g/mol. The molecular formula is C24H27BrN4O2S. The van der Waals surface area contributed by atoms with Gasteiger partial charge >= 0.3 is 0 Å². The summed E-state index contributed by atoms with van der Waals surface area (Å²) in [6.07, 6.45) is 0. The molecule has 4 N–H and O–H groups in total. The minimum atomic E-state index is 0.234. The molecule has 168 valence electrons. The lowest BCUT2D eigenvalue weighted by atomic mass is 10.2. The molecule has 0 aliphatic rings. The van der Waals surface area contributed by atoms with E-state index < -0.39 is 0 Å². The Bertz CT molecular complexity index is 1140. The average Bonchev–Trinajstić information content (AvgIpc) is 2.83. The van der Waals surface area contributed by atoms with Gasteiger partial charge in [0.2, 0.25) is 0 Å². The van der Waals surface area contributed by atoms with Crippen molar-refractivity contribution in [3.05, 3.63) is 76.8 Å². The van der Waals surface area contributed by atoms with E-state index in [4.69, 9.17) is 15.1 Å². The SMILES string of the molecule is CC.CO.Cc1ccc(Nc2nc3ccccc3nc2NSc2ccc(Br)cc2)cc1O. The number of aliphatic hydroxyl groups is 1. The maximum atomic E-state index is 9.99. The molecule has 0 saturated heterocycles. The fourth-order valence-electron chi connectivity index (χ4n) is 2.59. The number of nitrogens with zero attached hydrogens (tertiary/aromatic N) is 2.